The van der Waals surface area contributed by atoms with Crippen LogP contribution >= 0.6 is 0 Å². The second kappa shape index (κ2) is 4.41. The molecule has 20 heavy (non-hydrogen) atoms. The molecule has 0 radical (unpaired) electrons. The Morgan fingerprint density at radius 2 is 2.15 bits per heavy atom. The van der Waals surface area contributed by atoms with E-state index in [1.807, 2.05) is 0 Å². The molecule has 0 aliphatic carbocycles. The van der Waals surface area contributed by atoms with Gasteiger partial charge in [-0.05, 0) is 18.6 Å². The Balaban J connectivity index is 2.07. The normalized spacial score (nSPS) is 19.1. The number of pyridine rings is 1. The van der Waals surface area contributed by atoms with Gasteiger partial charge in [-0.25, -0.2) is 4.79 Å². The summed E-state index contributed by atoms with van der Waals surface area (Å²) < 4.78 is 1.48. The van der Waals surface area contributed by atoms with Crippen LogP contribution in [0.5, 0.6) is 0 Å². The van der Waals surface area contributed by atoms with E-state index in [-0.39, 0.29) is 17.9 Å². The Morgan fingerprint density at radius 3 is 2.85 bits per heavy atom. The first-order chi connectivity index (χ1) is 9.56. The highest BCUT2D eigenvalue weighted by Gasteiger charge is 2.31. The van der Waals surface area contributed by atoms with Crippen molar-refractivity contribution in [2.75, 3.05) is 0 Å². The van der Waals surface area contributed by atoms with E-state index in [2.05, 4.69) is 15.5 Å². The number of hydrogen-bond donors (Lipinski definition) is 2. The fourth-order valence-electron chi connectivity index (χ4n) is 2.21. The van der Waals surface area contributed by atoms with Crippen molar-refractivity contribution in [3.05, 3.63) is 29.7 Å². The predicted octanol–water partition coefficient (Wildman–Crippen LogP) is -0.0523. The maximum Gasteiger partial charge on any atom is 0.337 e. The van der Waals surface area contributed by atoms with E-state index in [0.717, 1.165) is 0 Å². The van der Waals surface area contributed by atoms with E-state index >= 15 is 0 Å². The highest BCUT2D eigenvalue weighted by molar-refractivity contribution is 6.00. The number of fused-ring (bicyclic) bond motifs is 1. The van der Waals surface area contributed by atoms with Gasteiger partial charge in [-0.15, -0.1) is 10.2 Å². The van der Waals surface area contributed by atoms with Crippen LogP contribution in [0.25, 0.3) is 5.65 Å². The average Bonchev–Trinajstić information content (AvgIpc) is 2.81. The minimum atomic E-state index is -1.07. The lowest BCUT2D eigenvalue weighted by molar-refractivity contribution is -0.134. The van der Waals surface area contributed by atoms with E-state index in [9.17, 15) is 14.4 Å². The van der Waals surface area contributed by atoms with E-state index < -0.39 is 17.8 Å². The molecule has 2 amide bonds. The first-order valence-electron chi connectivity index (χ1n) is 5.98. The zero-order chi connectivity index (χ0) is 14.3. The van der Waals surface area contributed by atoms with Crippen molar-refractivity contribution < 1.29 is 19.5 Å². The molecular formula is C12H10N4O4. The molecule has 1 saturated heterocycles. The topological polar surface area (TPSA) is 114 Å². The van der Waals surface area contributed by atoms with Crippen LogP contribution in [0.4, 0.5) is 0 Å². The van der Waals surface area contributed by atoms with E-state index in [0.29, 0.717) is 17.9 Å². The van der Waals surface area contributed by atoms with Gasteiger partial charge >= 0.3 is 5.97 Å². The van der Waals surface area contributed by atoms with Gasteiger partial charge in [0.2, 0.25) is 11.8 Å². The van der Waals surface area contributed by atoms with Gasteiger partial charge < -0.3 is 5.11 Å². The smallest absolute Gasteiger partial charge is 0.337 e. The van der Waals surface area contributed by atoms with Crippen molar-refractivity contribution in [2.45, 2.75) is 18.8 Å². The maximum absolute atomic E-state index is 11.8. The number of aromatic carboxylic acids is 1. The molecule has 0 bridgehead atoms. The van der Waals surface area contributed by atoms with Gasteiger partial charge in [0.05, 0.1) is 11.5 Å². The van der Waals surface area contributed by atoms with Gasteiger partial charge in [0.1, 0.15) is 5.82 Å². The number of imide groups is 1. The molecule has 0 spiro atoms. The molecule has 0 aromatic carbocycles. The predicted molar refractivity (Wildman–Crippen MR) is 65.1 cm³/mol. The minimum absolute atomic E-state index is 0.0749. The molecule has 2 aromatic rings. The number of carboxylic acid groups (broad SMARTS) is 1. The summed E-state index contributed by atoms with van der Waals surface area (Å²) in [7, 11) is 0. The van der Waals surface area contributed by atoms with Gasteiger partial charge in [0.25, 0.3) is 0 Å². The molecule has 2 N–H and O–H groups in total. The van der Waals surface area contributed by atoms with Gasteiger partial charge in [-0.3, -0.25) is 19.3 Å². The van der Waals surface area contributed by atoms with Crippen LogP contribution in [-0.4, -0.2) is 37.5 Å². The molecule has 3 heterocycles. The highest BCUT2D eigenvalue weighted by Crippen LogP contribution is 2.24. The lowest BCUT2D eigenvalue weighted by Gasteiger charge is -2.19. The number of piperidine rings is 1. The number of aromatic nitrogens is 3. The summed E-state index contributed by atoms with van der Waals surface area (Å²) >= 11 is 0. The summed E-state index contributed by atoms with van der Waals surface area (Å²) in [5, 5.41) is 19.1. The van der Waals surface area contributed by atoms with E-state index in [4.69, 9.17) is 5.11 Å². The monoisotopic (exact) mass is 274 g/mol. The summed E-state index contributed by atoms with van der Waals surface area (Å²) in [6.45, 7) is 0. The van der Waals surface area contributed by atoms with Crippen molar-refractivity contribution >= 4 is 23.4 Å². The molecule has 0 saturated carbocycles. The van der Waals surface area contributed by atoms with Crippen molar-refractivity contribution in [1.82, 2.24) is 19.9 Å². The van der Waals surface area contributed by atoms with Gasteiger partial charge in [0.15, 0.2) is 5.65 Å². The number of amides is 2. The summed E-state index contributed by atoms with van der Waals surface area (Å²) in [6, 6.07) is 2.94. The van der Waals surface area contributed by atoms with Gasteiger partial charge in [-0.1, -0.05) is 0 Å². The molecule has 102 valence electrons. The number of carbonyl (C=O) groups is 3. The Kier molecular flexibility index (Phi) is 2.70. The molecule has 1 aliphatic rings. The van der Waals surface area contributed by atoms with Crippen LogP contribution in [0.3, 0.4) is 0 Å². The number of hydrogen-bond acceptors (Lipinski definition) is 5. The fourth-order valence-corrected chi connectivity index (χ4v) is 2.21. The Morgan fingerprint density at radius 1 is 1.35 bits per heavy atom. The fraction of sp³-hybridized carbons (Fsp3) is 0.250. The molecule has 2 aromatic heterocycles. The van der Waals surface area contributed by atoms with Crippen molar-refractivity contribution in [1.29, 1.82) is 0 Å². The van der Waals surface area contributed by atoms with Gasteiger partial charge in [-0.2, -0.15) is 0 Å². The molecule has 1 atom stereocenters. The average molecular weight is 274 g/mol. The zero-order valence-corrected chi connectivity index (χ0v) is 10.2. The summed E-state index contributed by atoms with van der Waals surface area (Å²) in [5.74, 6) is -2.09. The summed E-state index contributed by atoms with van der Waals surface area (Å²) in [5.41, 5.74) is 0.528. The third kappa shape index (κ3) is 1.91. The number of carboxylic acids is 1. The van der Waals surface area contributed by atoms with E-state index in [1.165, 1.54) is 22.7 Å². The van der Waals surface area contributed by atoms with E-state index in [1.54, 1.807) is 0 Å². The number of carbonyl (C=O) groups excluding carboxylic acids is 2. The Bertz CT molecular complexity index is 736. The number of nitrogens with zero attached hydrogens (tertiary/aromatic N) is 3. The lowest BCUT2D eigenvalue weighted by atomic mass is 9.97. The molecule has 8 nitrogen and oxygen atoms in total. The third-order valence-electron chi connectivity index (χ3n) is 3.23. The van der Waals surface area contributed by atoms with Crippen molar-refractivity contribution in [2.24, 2.45) is 0 Å². The number of rotatable bonds is 2. The molecule has 8 heteroatoms. The molecule has 1 fully saturated rings. The maximum atomic E-state index is 11.8. The largest absolute Gasteiger partial charge is 0.478 e. The Labute approximate surface area is 112 Å². The third-order valence-corrected chi connectivity index (χ3v) is 3.23. The summed E-state index contributed by atoms with van der Waals surface area (Å²) in [6.07, 6.45) is 1.93. The minimum Gasteiger partial charge on any atom is -0.478 e. The quantitative estimate of drug-likeness (QED) is 0.742. The lowest BCUT2D eigenvalue weighted by Crippen LogP contribution is -2.40. The zero-order valence-electron chi connectivity index (χ0n) is 10.2. The highest BCUT2D eigenvalue weighted by atomic mass is 16.4. The van der Waals surface area contributed by atoms with Crippen LogP contribution in [0.1, 0.15) is 34.9 Å². The second-order valence-electron chi connectivity index (χ2n) is 4.51. The Hall–Kier alpha value is -2.77. The van der Waals surface area contributed by atoms with Crippen LogP contribution in [0.15, 0.2) is 18.3 Å². The molecule has 1 aliphatic heterocycles. The van der Waals surface area contributed by atoms with Gasteiger partial charge in [0, 0.05) is 12.6 Å². The molecule has 1 unspecified atom stereocenters. The molecule has 3 rings (SSSR count). The van der Waals surface area contributed by atoms with Crippen LogP contribution in [0.2, 0.25) is 0 Å². The first kappa shape index (κ1) is 12.3. The SMILES string of the molecule is O=C1CCC(c2nnc3ccc(C(=O)O)cn23)C(=O)N1. The van der Waals surface area contributed by atoms with Crippen LogP contribution in [0, 0.1) is 0 Å². The van der Waals surface area contributed by atoms with Crippen molar-refractivity contribution in [3.8, 4) is 0 Å². The van der Waals surface area contributed by atoms with Crippen LogP contribution < -0.4 is 5.32 Å². The number of nitrogens with one attached hydrogen (secondary N) is 1. The van der Waals surface area contributed by atoms with Crippen LogP contribution in [-0.2, 0) is 9.59 Å². The standard InChI is InChI=1S/C12H10N4O4/c17-9-4-2-7(11(18)13-9)10-15-14-8-3-1-6(12(19)20)5-16(8)10/h1,3,5,7H,2,4H2,(H,19,20)(H,13,17,18). The second-order valence-corrected chi connectivity index (χ2v) is 4.51. The van der Waals surface area contributed by atoms with Crippen molar-refractivity contribution in [3.63, 3.8) is 0 Å². The first-order valence-corrected chi connectivity index (χ1v) is 5.98. The summed E-state index contributed by atoms with van der Waals surface area (Å²) in [4.78, 5) is 34.0. The molecular weight excluding hydrogens is 264 g/mol.